The van der Waals surface area contributed by atoms with Gasteiger partial charge in [0.2, 0.25) is 0 Å². The fourth-order valence-electron chi connectivity index (χ4n) is 1.65. The summed E-state index contributed by atoms with van der Waals surface area (Å²) in [5, 5.41) is 0. The lowest BCUT2D eigenvalue weighted by atomic mass is 10.1. The Morgan fingerprint density at radius 2 is 2.06 bits per heavy atom. The zero-order valence-corrected chi connectivity index (χ0v) is 9.65. The van der Waals surface area contributed by atoms with E-state index in [1.165, 1.54) is 12.1 Å². The van der Waals surface area contributed by atoms with Gasteiger partial charge in [-0.1, -0.05) is 19.1 Å². The molecule has 17 heavy (non-hydrogen) atoms. The quantitative estimate of drug-likeness (QED) is 0.883. The van der Waals surface area contributed by atoms with E-state index in [9.17, 15) is 4.39 Å². The van der Waals surface area contributed by atoms with Crippen LogP contribution in [0.2, 0.25) is 0 Å². The Morgan fingerprint density at radius 3 is 2.76 bits per heavy atom. The van der Waals surface area contributed by atoms with Gasteiger partial charge in [-0.3, -0.25) is 0 Å². The average molecular weight is 231 g/mol. The number of halogens is 1. The summed E-state index contributed by atoms with van der Waals surface area (Å²) in [6, 6.07) is 7.97. The van der Waals surface area contributed by atoms with E-state index in [-0.39, 0.29) is 5.82 Å². The van der Waals surface area contributed by atoms with Gasteiger partial charge < -0.3 is 5.73 Å². The topological polar surface area (TPSA) is 51.8 Å². The molecule has 0 saturated carbocycles. The minimum atomic E-state index is -0.281. The largest absolute Gasteiger partial charge is 0.384 e. The van der Waals surface area contributed by atoms with Gasteiger partial charge in [0.25, 0.3) is 0 Å². The molecule has 0 spiro atoms. The summed E-state index contributed by atoms with van der Waals surface area (Å²) in [4.78, 5) is 8.52. The molecule has 0 radical (unpaired) electrons. The first kappa shape index (κ1) is 11.5. The van der Waals surface area contributed by atoms with Crippen molar-refractivity contribution in [2.75, 3.05) is 5.73 Å². The third-order valence-electron chi connectivity index (χ3n) is 2.39. The van der Waals surface area contributed by atoms with E-state index in [2.05, 4.69) is 16.9 Å². The van der Waals surface area contributed by atoms with Crippen LogP contribution in [0.3, 0.4) is 0 Å². The van der Waals surface area contributed by atoms with Gasteiger partial charge in [0, 0.05) is 18.1 Å². The van der Waals surface area contributed by atoms with Crippen molar-refractivity contribution in [1.82, 2.24) is 9.97 Å². The molecule has 2 aromatic rings. The summed E-state index contributed by atoms with van der Waals surface area (Å²) in [5.41, 5.74) is 7.11. The maximum absolute atomic E-state index is 13.1. The van der Waals surface area contributed by atoms with Gasteiger partial charge in [-0.05, 0) is 18.6 Å². The highest BCUT2D eigenvalue weighted by molar-refractivity contribution is 5.61. The van der Waals surface area contributed by atoms with Crippen molar-refractivity contribution in [3.8, 4) is 11.3 Å². The van der Waals surface area contributed by atoms with E-state index in [1.54, 1.807) is 18.2 Å². The van der Waals surface area contributed by atoms with Crippen LogP contribution < -0.4 is 5.73 Å². The number of nitrogens with zero attached hydrogens (tertiary/aromatic N) is 2. The highest BCUT2D eigenvalue weighted by Crippen LogP contribution is 2.19. The zero-order valence-electron chi connectivity index (χ0n) is 9.65. The Balaban J connectivity index is 2.44. The lowest BCUT2D eigenvalue weighted by Gasteiger charge is -2.05. The number of anilines is 1. The monoisotopic (exact) mass is 231 g/mol. The molecule has 0 saturated heterocycles. The first-order chi connectivity index (χ1) is 8.19. The zero-order chi connectivity index (χ0) is 12.3. The van der Waals surface area contributed by atoms with Crippen LogP contribution in [0.4, 0.5) is 10.2 Å². The van der Waals surface area contributed by atoms with E-state index in [4.69, 9.17) is 5.73 Å². The average Bonchev–Trinajstić information content (AvgIpc) is 2.28. The number of hydrogen-bond donors (Lipinski definition) is 1. The third-order valence-corrected chi connectivity index (χ3v) is 2.39. The Bertz CT molecular complexity index is 526. The maximum atomic E-state index is 13.1. The molecule has 1 heterocycles. The number of aryl methyl sites for hydroxylation is 1. The standard InChI is InChI=1S/C13H14FN3/c1-2-4-13-16-11(8-12(15)17-13)9-5-3-6-10(14)7-9/h3,5-8H,2,4H2,1H3,(H2,15,16,17). The van der Waals surface area contributed by atoms with E-state index in [0.717, 1.165) is 18.4 Å². The normalized spacial score (nSPS) is 10.5. The van der Waals surface area contributed by atoms with Crippen LogP contribution in [0.15, 0.2) is 30.3 Å². The fourth-order valence-corrected chi connectivity index (χ4v) is 1.65. The molecule has 2 N–H and O–H groups in total. The minimum Gasteiger partial charge on any atom is -0.384 e. The van der Waals surface area contributed by atoms with E-state index < -0.39 is 0 Å². The van der Waals surface area contributed by atoms with E-state index in [0.29, 0.717) is 17.3 Å². The molecule has 0 bridgehead atoms. The first-order valence-corrected chi connectivity index (χ1v) is 5.58. The third kappa shape index (κ3) is 2.78. The van der Waals surface area contributed by atoms with Crippen LogP contribution in [0.25, 0.3) is 11.3 Å². The molecular formula is C13H14FN3. The van der Waals surface area contributed by atoms with Gasteiger partial charge in [0.1, 0.15) is 17.5 Å². The molecule has 0 atom stereocenters. The number of benzene rings is 1. The van der Waals surface area contributed by atoms with E-state index >= 15 is 0 Å². The second-order valence-corrected chi connectivity index (χ2v) is 3.85. The van der Waals surface area contributed by atoms with Gasteiger partial charge in [0.05, 0.1) is 5.69 Å². The highest BCUT2D eigenvalue weighted by atomic mass is 19.1. The number of nitrogens with two attached hydrogens (primary N) is 1. The molecule has 4 heteroatoms. The summed E-state index contributed by atoms with van der Waals surface area (Å²) in [7, 11) is 0. The molecule has 2 rings (SSSR count). The molecule has 0 unspecified atom stereocenters. The molecule has 0 amide bonds. The molecule has 1 aromatic heterocycles. The Labute approximate surface area is 99.5 Å². The van der Waals surface area contributed by atoms with Crippen molar-refractivity contribution in [2.45, 2.75) is 19.8 Å². The van der Waals surface area contributed by atoms with Gasteiger partial charge in [0.15, 0.2) is 0 Å². The van der Waals surface area contributed by atoms with Crippen molar-refractivity contribution in [1.29, 1.82) is 0 Å². The van der Waals surface area contributed by atoms with Crippen LogP contribution in [0, 0.1) is 5.82 Å². The fraction of sp³-hybridized carbons (Fsp3) is 0.231. The minimum absolute atomic E-state index is 0.281. The predicted octanol–water partition coefficient (Wildman–Crippen LogP) is 2.82. The van der Waals surface area contributed by atoms with Gasteiger partial charge in [-0.2, -0.15) is 0 Å². The lowest BCUT2D eigenvalue weighted by Crippen LogP contribution is -2.01. The number of nitrogen functional groups attached to an aromatic ring is 1. The van der Waals surface area contributed by atoms with Crippen molar-refractivity contribution >= 4 is 5.82 Å². The lowest BCUT2D eigenvalue weighted by molar-refractivity contribution is 0.628. The molecule has 0 aliphatic rings. The van der Waals surface area contributed by atoms with Crippen LogP contribution in [0.1, 0.15) is 19.2 Å². The Kier molecular flexibility index (Phi) is 3.32. The van der Waals surface area contributed by atoms with Crippen LogP contribution in [-0.2, 0) is 6.42 Å². The Morgan fingerprint density at radius 1 is 1.24 bits per heavy atom. The van der Waals surface area contributed by atoms with Crippen molar-refractivity contribution < 1.29 is 4.39 Å². The second-order valence-electron chi connectivity index (χ2n) is 3.85. The summed E-state index contributed by atoms with van der Waals surface area (Å²) in [5.74, 6) is 0.839. The van der Waals surface area contributed by atoms with E-state index in [1.807, 2.05) is 0 Å². The number of hydrogen-bond acceptors (Lipinski definition) is 3. The van der Waals surface area contributed by atoms with Crippen LogP contribution >= 0.6 is 0 Å². The molecule has 0 aliphatic carbocycles. The van der Waals surface area contributed by atoms with Gasteiger partial charge in [-0.25, -0.2) is 14.4 Å². The van der Waals surface area contributed by atoms with Gasteiger partial charge in [-0.15, -0.1) is 0 Å². The van der Waals surface area contributed by atoms with Crippen molar-refractivity contribution in [3.05, 3.63) is 42.0 Å². The molecule has 0 aliphatic heterocycles. The van der Waals surface area contributed by atoms with Crippen LogP contribution in [-0.4, -0.2) is 9.97 Å². The SMILES string of the molecule is CCCc1nc(N)cc(-c2cccc(F)c2)n1. The molecule has 0 fully saturated rings. The smallest absolute Gasteiger partial charge is 0.131 e. The molecule has 1 aromatic carbocycles. The van der Waals surface area contributed by atoms with Crippen molar-refractivity contribution in [2.24, 2.45) is 0 Å². The molecule has 3 nitrogen and oxygen atoms in total. The highest BCUT2D eigenvalue weighted by Gasteiger charge is 2.05. The van der Waals surface area contributed by atoms with Crippen LogP contribution in [0.5, 0.6) is 0 Å². The van der Waals surface area contributed by atoms with Gasteiger partial charge >= 0.3 is 0 Å². The number of aromatic nitrogens is 2. The maximum Gasteiger partial charge on any atom is 0.131 e. The molecular weight excluding hydrogens is 217 g/mol. The predicted molar refractivity (Wildman–Crippen MR) is 65.8 cm³/mol. The summed E-state index contributed by atoms with van der Waals surface area (Å²) in [6.45, 7) is 2.05. The summed E-state index contributed by atoms with van der Waals surface area (Å²) < 4.78 is 13.1. The number of rotatable bonds is 3. The summed E-state index contributed by atoms with van der Waals surface area (Å²) >= 11 is 0. The van der Waals surface area contributed by atoms with Crippen molar-refractivity contribution in [3.63, 3.8) is 0 Å². The Hall–Kier alpha value is -1.97. The first-order valence-electron chi connectivity index (χ1n) is 5.58. The summed E-state index contributed by atoms with van der Waals surface area (Å²) in [6.07, 6.45) is 1.72. The molecule has 88 valence electrons. The second kappa shape index (κ2) is 4.91.